The Morgan fingerprint density at radius 2 is 2.18 bits per heavy atom. The smallest absolute Gasteiger partial charge is 0.325 e. The lowest BCUT2D eigenvalue weighted by atomic mass is 10.2. The number of imide groups is 1. The number of ether oxygens (including phenoxy) is 1. The number of carbonyl (C=O) groups excluding carboxylic acids is 2. The molecule has 3 amide bonds. The molecule has 0 aromatic carbocycles. The van der Waals surface area contributed by atoms with Crippen LogP contribution in [0.4, 0.5) is 4.79 Å². The van der Waals surface area contributed by atoms with Gasteiger partial charge in [-0.25, -0.2) is 4.79 Å². The molecule has 2 aliphatic rings. The van der Waals surface area contributed by atoms with Crippen molar-refractivity contribution >= 4 is 11.9 Å². The van der Waals surface area contributed by atoms with Crippen LogP contribution in [-0.2, 0) is 9.53 Å². The number of carbonyl (C=O) groups is 2. The zero-order valence-electron chi connectivity index (χ0n) is 9.82. The monoisotopic (exact) mass is 243 g/mol. The summed E-state index contributed by atoms with van der Waals surface area (Å²) in [5.41, 5.74) is 0. The van der Waals surface area contributed by atoms with E-state index in [0.717, 1.165) is 0 Å². The molecule has 4 N–H and O–H groups in total. The summed E-state index contributed by atoms with van der Waals surface area (Å²) in [4.78, 5) is 24.5. The summed E-state index contributed by atoms with van der Waals surface area (Å²) in [6.07, 6.45) is -0.532. The van der Waals surface area contributed by atoms with Crippen LogP contribution in [0.2, 0.25) is 0 Å². The van der Waals surface area contributed by atoms with Gasteiger partial charge in [-0.3, -0.25) is 26.1 Å². The summed E-state index contributed by atoms with van der Waals surface area (Å²) >= 11 is 0. The lowest BCUT2D eigenvalue weighted by Gasteiger charge is -2.32. The normalized spacial score (nSPS) is 32.6. The van der Waals surface area contributed by atoms with E-state index in [4.69, 9.17) is 4.74 Å². The maximum atomic E-state index is 11.6. The van der Waals surface area contributed by atoms with Crippen LogP contribution in [0, 0.1) is 0 Å². The highest BCUT2D eigenvalue weighted by Crippen LogP contribution is 2.12. The van der Waals surface area contributed by atoms with Crippen LogP contribution in [0.3, 0.4) is 0 Å². The summed E-state index contributed by atoms with van der Waals surface area (Å²) in [6.45, 7) is 1.23. The van der Waals surface area contributed by atoms with Crippen LogP contribution in [0.15, 0.2) is 0 Å². The molecule has 96 valence electrons. The first-order chi connectivity index (χ1) is 8.13. The summed E-state index contributed by atoms with van der Waals surface area (Å²) in [7, 11) is 3.27. The maximum absolute atomic E-state index is 11.6. The highest BCUT2D eigenvalue weighted by atomic mass is 16.5. The van der Waals surface area contributed by atoms with E-state index in [9.17, 15) is 9.59 Å². The minimum atomic E-state index is -0.433. The minimum absolute atomic E-state index is 0.209. The average Bonchev–Trinajstić information content (AvgIpc) is 2.71. The van der Waals surface area contributed by atoms with E-state index in [1.165, 1.54) is 4.90 Å². The van der Waals surface area contributed by atoms with E-state index in [2.05, 4.69) is 21.3 Å². The van der Waals surface area contributed by atoms with Gasteiger partial charge in [0.15, 0.2) is 0 Å². The van der Waals surface area contributed by atoms with Crippen molar-refractivity contribution in [3.05, 3.63) is 0 Å². The number of likely N-dealkylation sites (N-methyl/N-ethyl adjacent to an activating group) is 1. The standard InChI is InChI=1S/C9H17N5O3/c1-14-6-5(7(15)13-9(14)16)11-8(12-6)10-3-4-17-2/h5-6,8,10-12H,3-4H2,1-2H3,(H,13,15,16). The second kappa shape index (κ2) is 4.96. The number of amides is 3. The Hall–Kier alpha value is -1.22. The van der Waals surface area contributed by atoms with Gasteiger partial charge in [0, 0.05) is 20.7 Å². The van der Waals surface area contributed by atoms with Crippen molar-refractivity contribution in [1.29, 1.82) is 0 Å². The molecule has 0 saturated carbocycles. The van der Waals surface area contributed by atoms with Gasteiger partial charge in [-0.15, -0.1) is 0 Å². The molecule has 2 fully saturated rings. The first-order valence-corrected chi connectivity index (χ1v) is 5.45. The number of hydrogen-bond donors (Lipinski definition) is 4. The van der Waals surface area contributed by atoms with E-state index in [1.807, 2.05) is 0 Å². The van der Waals surface area contributed by atoms with Gasteiger partial charge >= 0.3 is 6.03 Å². The fraction of sp³-hybridized carbons (Fsp3) is 0.778. The van der Waals surface area contributed by atoms with Gasteiger partial charge in [0.1, 0.15) is 18.5 Å². The summed E-state index contributed by atoms with van der Waals surface area (Å²) in [5, 5.41) is 11.6. The number of nitrogens with zero attached hydrogens (tertiary/aromatic N) is 1. The Labute approximate surface area is 99.0 Å². The molecule has 8 nitrogen and oxygen atoms in total. The van der Waals surface area contributed by atoms with Gasteiger partial charge in [-0.05, 0) is 0 Å². The molecule has 2 aliphatic heterocycles. The summed E-state index contributed by atoms with van der Waals surface area (Å²) in [6, 6.07) is -0.819. The molecular formula is C9H17N5O3. The van der Waals surface area contributed by atoms with Gasteiger partial charge in [-0.1, -0.05) is 0 Å². The minimum Gasteiger partial charge on any atom is -0.383 e. The Balaban J connectivity index is 1.93. The molecule has 3 atom stereocenters. The predicted molar refractivity (Wildman–Crippen MR) is 58.8 cm³/mol. The lowest BCUT2D eigenvalue weighted by Crippen LogP contribution is -2.64. The first kappa shape index (κ1) is 12.2. The molecular weight excluding hydrogens is 226 g/mol. The molecule has 0 radical (unpaired) electrons. The maximum Gasteiger partial charge on any atom is 0.325 e. The van der Waals surface area contributed by atoms with E-state index >= 15 is 0 Å². The Morgan fingerprint density at radius 3 is 2.88 bits per heavy atom. The average molecular weight is 243 g/mol. The predicted octanol–water partition coefficient (Wildman–Crippen LogP) is -2.42. The Kier molecular flexibility index (Phi) is 3.57. The molecule has 0 aromatic heterocycles. The topological polar surface area (TPSA) is 94.7 Å². The Bertz CT molecular complexity index is 324. The van der Waals surface area contributed by atoms with Crippen LogP contribution < -0.4 is 21.3 Å². The van der Waals surface area contributed by atoms with Crippen LogP contribution in [0.25, 0.3) is 0 Å². The number of methoxy groups -OCH3 is 1. The molecule has 0 spiro atoms. The third-order valence-electron chi connectivity index (χ3n) is 2.90. The fourth-order valence-corrected chi connectivity index (χ4v) is 1.96. The van der Waals surface area contributed by atoms with Crippen molar-refractivity contribution < 1.29 is 14.3 Å². The van der Waals surface area contributed by atoms with E-state index in [-0.39, 0.29) is 24.4 Å². The zero-order chi connectivity index (χ0) is 12.4. The van der Waals surface area contributed by atoms with Crippen molar-refractivity contribution in [2.75, 3.05) is 27.3 Å². The number of hydrogen-bond acceptors (Lipinski definition) is 6. The van der Waals surface area contributed by atoms with Crippen LogP contribution in [0.1, 0.15) is 0 Å². The molecule has 0 aliphatic carbocycles. The Morgan fingerprint density at radius 1 is 1.41 bits per heavy atom. The molecule has 8 heteroatoms. The highest BCUT2D eigenvalue weighted by molar-refractivity contribution is 6.00. The van der Waals surface area contributed by atoms with E-state index in [1.54, 1.807) is 14.2 Å². The third kappa shape index (κ3) is 2.39. The number of fused-ring (bicyclic) bond motifs is 1. The van der Waals surface area contributed by atoms with Gasteiger partial charge in [0.2, 0.25) is 5.91 Å². The first-order valence-electron chi connectivity index (χ1n) is 5.45. The number of urea groups is 1. The van der Waals surface area contributed by atoms with Crippen molar-refractivity contribution in [3.8, 4) is 0 Å². The van der Waals surface area contributed by atoms with Crippen molar-refractivity contribution in [1.82, 2.24) is 26.2 Å². The SMILES string of the molecule is COCCNC1NC2C(=O)NC(=O)N(C)C2N1. The van der Waals surface area contributed by atoms with Crippen molar-refractivity contribution in [3.63, 3.8) is 0 Å². The van der Waals surface area contributed by atoms with Gasteiger partial charge in [0.05, 0.1) is 6.61 Å². The molecule has 17 heavy (non-hydrogen) atoms. The van der Waals surface area contributed by atoms with Crippen molar-refractivity contribution in [2.45, 2.75) is 18.5 Å². The number of rotatable bonds is 4. The van der Waals surface area contributed by atoms with Crippen LogP contribution >= 0.6 is 0 Å². The van der Waals surface area contributed by atoms with Gasteiger partial charge in [-0.2, -0.15) is 0 Å². The lowest BCUT2D eigenvalue weighted by molar-refractivity contribution is -0.124. The molecule has 0 bridgehead atoms. The zero-order valence-corrected chi connectivity index (χ0v) is 9.82. The second-order valence-corrected chi connectivity index (χ2v) is 4.04. The summed E-state index contributed by atoms with van der Waals surface area (Å²) < 4.78 is 4.92. The van der Waals surface area contributed by atoms with Crippen LogP contribution in [-0.4, -0.2) is 62.6 Å². The second-order valence-electron chi connectivity index (χ2n) is 4.04. The molecule has 2 saturated heterocycles. The molecule has 0 aromatic rings. The van der Waals surface area contributed by atoms with E-state index < -0.39 is 6.04 Å². The largest absolute Gasteiger partial charge is 0.383 e. The van der Waals surface area contributed by atoms with E-state index in [0.29, 0.717) is 13.2 Å². The van der Waals surface area contributed by atoms with Gasteiger partial charge < -0.3 is 9.64 Å². The van der Waals surface area contributed by atoms with Crippen LogP contribution in [0.5, 0.6) is 0 Å². The molecule has 2 rings (SSSR count). The quantitative estimate of drug-likeness (QED) is 0.410. The highest BCUT2D eigenvalue weighted by Gasteiger charge is 2.45. The molecule has 2 heterocycles. The summed E-state index contributed by atoms with van der Waals surface area (Å²) in [5.74, 6) is -0.304. The van der Waals surface area contributed by atoms with Gasteiger partial charge in [0.25, 0.3) is 0 Å². The van der Waals surface area contributed by atoms with Crippen molar-refractivity contribution in [2.24, 2.45) is 0 Å². The molecule has 3 unspecified atom stereocenters. The fourth-order valence-electron chi connectivity index (χ4n) is 1.96. The third-order valence-corrected chi connectivity index (χ3v) is 2.90. The number of nitrogens with one attached hydrogen (secondary N) is 4.